The largest absolute Gasteiger partial charge is 0.394 e. The summed E-state index contributed by atoms with van der Waals surface area (Å²) >= 11 is 0. The van der Waals surface area contributed by atoms with Gasteiger partial charge in [-0.25, -0.2) is 8.42 Å². The van der Waals surface area contributed by atoms with Gasteiger partial charge in [0.25, 0.3) is 0 Å². The molecule has 0 amide bonds. The predicted octanol–water partition coefficient (Wildman–Crippen LogP) is 1.43. The maximum absolute atomic E-state index is 13.0. The van der Waals surface area contributed by atoms with E-state index in [9.17, 15) is 23.7 Å². The standard InChI is InChI=1S/C22H27NO6S/c1-15(26)18-3-2-4-19(9-18)17-7-5-16(6-8-17)11-23-13-22(14-25)21(30(23,27)28)10-20(12-24)29-22/h2-9,15,20-21,24-26H,10-14H2,1H3/t15?,20?,21-,22+/m0/s1. The fourth-order valence-electron chi connectivity index (χ4n) is 4.44. The first-order valence-corrected chi connectivity index (χ1v) is 11.6. The van der Waals surface area contributed by atoms with Gasteiger partial charge in [0.2, 0.25) is 10.0 Å². The lowest BCUT2D eigenvalue weighted by Crippen LogP contribution is -2.43. The summed E-state index contributed by atoms with van der Waals surface area (Å²) in [5.74, 6) is 0. The third kappa shape index (κ3) is 3.68. The molecule has 0 aromatic heterocycles. The molecule has 2 aromatic carbocycles. The lowest BCUT2D eigenvalue weighted by Gasteiger charge is -2.25. The van der Waals surface area contributed by atoms with Gasteiger partial charge >= 0.3 is 0 Å². The molecule has 2 heterocycles. The number of benzene rings is 2. The SMILES string of the molecule is CC(O)c1cccc(-c2ccc(CN3C[C@]4(CO)OC(CO)C[C@@H]4S3(=O)=O)cc2)c1. The van der Waals surface area contributed by atoms with E-state index in [0.717, 1.165) is 22.3 Å². The Balaban J connectivity index is 1.52. The highest BCUT2D eigenvalue weighted by atomic mass is 32.2. The molecule has 3 N–H and O–H groups in total. The maximum atomic E-state index is 13.0. The molecule has 162 valence electrons. The van der Waals surface area contributed by atoms with Crippen molar-refractivity contribution in [3.8, 4) is 11.1 Å². The second-order valence-electron chi connectivity index (χ2n) is 8.18. The molecule has 2 aliphatic rings. The Labute approximate surface area is 176 Å². The number of sulfonamides is 1. The normalized spacial score (nSPS) is 29.1. The van der Waals surface area contributed by atoms with Crippen molar-refractivity contribution in [2.24, 2.45) is 0 Å². The number of hydrogen-bond donors (Lipinski definition) is 3. The number of ether oxygens (including phenoxy) is 1. The molecule has 30 heavy (non-hydrogen) atoms. The van der Waals surface area contributed by atoms with Gasteiger partial charge in [-0.3, -0.25) is 0 Å². The molecule has 0 spiro atoms. The van der Waals surface area contributed by atoms with Crippen LogP contribution in [0.2, 0.25) is 0 Å². The first-order chi connectivity index (χ1) is 14.3. The topological polar surface area (TPSA) is 107 Å². The minimum Gasteiger partial charge on any atom is -0.394 e. The van der Waals surface area contributed by atoms with Gasteiger partial charge in [-0.2, -0.15) is 4.31 Å². The Hall–Kier alpha value is -1.81. The molecule has 0 bridgehead atoms. The van der Waals surface area contributed by atoms with Crippen LogP contribution in [-0.2, 0) is 21.3 Å². The van der Waals surface area contributed by atoms with Gasteiger partial charge in [-0.1, -0.05) is 42.5 Å². The summed E-state index contributed by atoms with van der Waals surface area (Å²) in [5, 5.41) is 28.2. The Bertz CT molecular complexity index is 1010. The molecule has 2 aliphatic heterocycles. The highest BCUT2D eigenvalue weighted by molar-refractivity contribution is 7.90. The van der Waals surface area contributed by atoms with Crippen molar-refractivity contribution < 1.29 is 28.5 Å². The zero-order valence-corrected chi connectivity index (χ0v) is 17.6. The Morgan fingerprint density at radius 2 is 1.90 bits per heavy atom. The maximum Gasteiger partial charge on any atom is 0.220 e. The van der Waals surface area contributed by atoms with Crippen LogP contribution in [0.15, 0.2) is 48.5 Å². The average Bonchev–Trinajstić information content (AvgIpc) is 3.22. The number of nitrogens with zero attached hydrogens (tertiary/aromatic N) is 1. The van der Waals surface area contributed by atoms with Crippen molar-refractivity contribution in [2.75, 3.05) is 19.8 Å². The Morgan fingerprint density at radius 1 is 1.17 bits per heavy atom. The first kappa shape index (κ1) is 21.4. The molecule has 2 saturated heterocycles. The summed E-state index contributed by atoms with van der Waals surface area (Å²) < 4.78 is 33.2. The molecule has 0 radical (unpaired) electrons. The summed E-state index contributed by atoms with van der Waals surface area (Å²) in [6.45, 7) is 1.33. The third-order valence-corrected chi connectivity index (χ3v) is 8.43. The number of fused-ring (bicyclic) bond motifs is 1. The fraction of sp³-hybridized carbons (Fsp3) is 0.455. The minimum absolute atomic E-state index is 0.0746. The lowest BCUT2D eigenvalue weighted by atomic mass is 9.99. The van der Waals surface area contributed by atoms with Crippen LogP contribution in [0, 0.1) is 0 Å². The summed E-state index contributed by atoms with van der Waals surface area (Å²) in [4.78, 5) is 0. The first-order valence-electron chi connectivity index (χ1n) is 10.0. The van der Waals surface area contributed by atoms with Gasteiger partial charge in [0.15, 0.2) is 0 Å². The van der Waals surface area contributed by atoms with Crippen LogP contribution in [0.1, 0.15) is 30.6 Å². The van der Waals surface area contributed by atoms with Crippen LogP contribution >= 0.6 is 0 Å². The quantitative estimate of drug-likeness (QED) is 0.636. The smallest absolute Gasteiger partial charge is 0.220 e. The highest BCUT2D eigenvalue weighted by Gasteiger charge is 2.62. The summed E-state index contributed by atoms with van der Waals surface area (Å²) in [5.41, 5.74) is 2.45. The molecule has 4 atom stereocenters. The second kappa shape index (κ2) is 8.03. The van der Waals surface area contributed by atoms with Crippen LogP contribution < -0.4 is 0 Å². The average molecular weight is 434 g/mol. The van der Waals surface area contributed by atoms with Crippen LogP contribution in [-0.4, -0.2) is 64.8 Å². The fourth-order valence-corrected chi connectivity index (χ4v) is 6.73. The van der Waals surface area contributed by atoms with Gasteiger partial charge in [-0.15, -0.1) is 0 Å². The number of aliphatic hydroxyl groups is 3. The van der Waals surface area contributed by atoms with Crippen molar-refractivity contribution in [1.29, 1.82) is 0 Å². The summed E-state index contributed by atoms with van der Waals surface area (Å²) in [6.07, 6.45) is -0.916. The van der Waals surface area contributed by atoms with E-state index in [1.165, 1.54) is 4.31 Å². The van der Waals surface area contributed by atoms with E-state index in [0.29, 0.717) is 0 Å². The van der Waals surface area contributed by atoms with Crippen LogP contribution in [0.25, 0.3) is 11.1 Å². The van der Waals surface area contributed by atoms with Gasteiger partial charge < -0.3 is 20.1 Å². The lowest BCUT2D eigenvalue weighted by molar-refractivity contribution is -0.0849. The molecule has 2 unspecified atom stereocenters. The number of hydrogen-bond acceptors (Lipinski definition) is 6. The Kier molecular flexibility index (Phi) is 5.73. The van der Waals surface area contributed by atoms with Gasteiger partial charge in [-0.05, 0) is 41.7 Å². The highest BCUT2D eigenvalue weighted by Crippen LogP contribution is 2.43. The van der Waals surface area contributed by atoms with Crippen molar-refractivity contribution >= 4 is 10.0 Å². The van der Waals surface area contributed by atoms with Crippen molar-refractivity contribution in [1.82, 2.24) is 4.31 Å². The molecule has 8 heteroatoms. The van der Waals surface area contributed by atoms with E-state index in [2.05, 4.69) is 0 Å². The van der Waals surface area contributed by atoms with Crippen LogP contribution in [0.4, 0.5) is 0 Å². The molecule has 7 nitrogen and oxygen atoms in total. The zero-order valence-electron chi connectivity index (χ0n) is 16.8. The van der Waals surface area contributed by atoms with Crippen molar-refractivity contribution in [2.45, 2.75) is 42.9 Å². The van der Waals surface area contributed by atoms with E-state index in [1.807, 2.05) is 48.5 Å². The Morgan fingerprint density at radius 3 is 2.50 bits per heavy atom. The molecular weight excluding hydrogens is 406 g/mol. The summed E-state index contributed by atoms with van der Waals surface area (Å²) in [6, 6.07) is 15.3. The predicted molar refractivity (Wildman–Crippen MR) is 112 cm³/mol. The van der Waals surface area contributed by atoms with Gasteiger partial charge in [0.05, 0.1) is 25.4 Å². The molecule has 2 fully saturated rings. The van der Waals surface area contributed by atoms with E-state index in [1.54, 1.807) is 6.92 Å². The monoisotopic (exact) mass is 433 g/mol. The molecule has 2 aromatic rings. The minimum atomic E-state index is -3.64. The molecule has 0 aliphatic carbocycles. The van der Waals surface area contributed by atoms with Crippen LogP contribution in [0.3, 0.4) is 0 Å². The van der Waals surface area contributed by atoms with E-state index >= 15 is 0 Å². The van der Waals surface area contributed by atoms with E-state index in [-0.39, 0.29) is 26.1 Å². The molecular formula is C22H27NO6S. The van der Waals surface area contributed by atoms with E-state index < -0.39 is 39.7 Å². The van der Waals surface area contributed by atoms with E-state index in [4.69, 9.17) is 4.74 Å². The summed E-state index contributed by atoms with van der Waals surface area (Å²) in [7, 11) is -3.64. The van der Waals surface area contributed by atoms with Gasteiger partial charge in [0, 0.05) is 13.1 Å². The third-order valence-electron chi connectivity index (χ3n) is 6.12. The second-order valence-corrected chi connectivity index (χ2v) is 10.3. The molecule has 4 rings (SSSR count). The number of aliphatic hydroxyl groups excluding tert-OH is 3. The van der Waals surface area contributed by atoms with Crippen LogP contribution in [0.5, 0.6) is 0 Å². The van der Waals surface area contributed by atoms with Crippen molar-refractivity contribution in [3.63, 3.8) is 0 Å². The van der Waals surface area contributed by atoms with Crippen molar-refractivity contribution in [3.05, 3.63) is 59.7 Å². The zero-order chi connectivity index (χ0) is 21.5. The number of rotatable bonds is 6. The van der Waals surface area contributed by atoms with Gasteiger partial charge in [0.1, 0.15) is 10.9 Å². The molecule has 0 saturated carbocycles.